The van der Waals surface area contributed by atoms with E-state index in [-0.39, 0.29) is 18.2 Å². The summed E-state index contributed by atoms with van der Waals surface area (Å²) in [6, 6.07) is 17.1. The Balaban J connectivity index is 1.62. The maximum atomic E-state index is 11.9. The van der Waals surface area contributed by atoms with E-state index in [4.69, 9.17) is 0 Å². The second kappa shape index (κ2) is 9.84. The van der Waals surface area contributed by atoms with E-state index >= 15 is 0 Å². The molecule has 2 rings (SSSR count). The Hall–Kier alpha value is -2.34. The van der Waals surface area contributed by atoms with Gasteiger partial charge in [0.15, 0.2) is 0 Å². The van der Waals surface area contributed by atoms with E-state index in [1.54, 1.807) is 12.1 Å². The number of anilines is 1. The van der Waals surface area contributed by atoms with Crippen LogP contribution in [0, 0.1) is 0 Å². The molecule has 2 aromatic carbocycles. The van der Waals surface area contributed by atoms with Gasteiger partial charge in [0.2, 0.25) is 5.91 Å². The molecule has 0 aromatic heterocycles. The summed E-state index contributed by atoms with van der Waals surface area (Å²) in [5.41, 5.74) is 1.69. The van der Waals surface area contributed by atoms with Gasteiger partial charge in [-0.05, 0) is 36.4 Å². The van der Waals surface area contributed by atoms with Crippen molar-refractivity contribution in [3.8, 4) is 0 Å². The maximum Gasteiger partial charge on any atom is 0.251 e. The maximum absolute atomic E-state index is 11.9. The molecule has 25 heavy (non-hydrogen) atoms. The molecule has 0 atom stereocenters. The zero-order chi connectivity index (χ0) is 18.1. The van der Waals surface area contributed by atoms with Gasteiger partial charge in [0, 0.05) is 48.8 Å². The number of nitrogens with zero attached hydrogens (tertiary/aromatic N) is 1. The number of likely N-dealkylation sites (N-methyl/N-ethyl adjacent to an activating group) is 1. The Bertz CT molecular complexity index is 690. The predicted octanol–water partition coefficient (Wildman–Crippen LogP) is 2.82. The predicted molar refractivity (Wildman–Crippen MR) is 104 cm³/mol. The molecule has 0 aliphatic rings. The Labute approximate surface area is 156 Å². The molecule has 0 fully saturated rings. The molecule has 0 heterocycles. The standard InChI is InChI=1S/C19H22BrN3O2/c1-23(17-5-3-2-4-6-17)14-13-21-18(24)11-12-22-19(25)15-7-9-16(20)10-8-15/h2-10H,11-14H2,1H3,(H,21,24)(H,22,25). The van der Waals surface area contributed by atoms with E-state index in [9.17, 15) is 9.59 Å². The summed E-state index contributed by atoms with van der Waals surface area (Å²) >= 11 is 3.33. The lowest BCUT2D eigenvalue weighted by molar-refractivity contribution is -0.120. The third kappa shape index (κ3) is 6.58. The van der Waals surface area contributed by atoms with Crippen molar-refractivity contribution in [1.82, 2.24) is 10.6 Å². The van der Waals surface area contributed by atoms with E-state index in [2.05, 4.69) is 31.5 Å². The van der Waals surface area contributed by atoms with Crippen LogP contribution in [0.2, 0.25) is 0 Å². The van der Waals surface area contributed by atoms with Gasteiger partial charge in [0.05, 0.1) is 0 Å². The smallest absolute Gasteiger partial charge is 0.251 e. The lowest BCUT2D eigenvalue weighted by Crippen LogP contribution is -2.35. The number of benzene rings is 2. The van der Waals surface area contributed by atoms with Crippen LogP contribution < -0.4 is 15.5 Å². The lowest BCUT2D eigenvalue weighted by Gasteiger charge is -2.19. The third-order valence-electron chi connectivity index (χ3n) is 3.71. The molecule has 0 aliphatic carbocycles. The van der Waals surface area contributed by atoms with Gasteiger partial charge in [0.25, 0.3) is 5.91 Å². The number of hydrogen-bond donors (Lipinski definition) is 2. The molecule has 0 bridgehead atoms. The number of hydrogen-bond acceptors (Lipinski definition) is 3. The molecule has 0 radical (unpaired) electrons. The van der Waals surface area contributed by atoms with Crippen molar-refractivity contribution in [1.29, 1.82) is 0 Å². The quantitative estimate of drug-likeness (QED) is 0.712. The van der Waals surface area contributed by atoms with Crippen LogP contribution in [0.25, 0.3) is 0 Å². The molecule has 0 aliphatic heterocycles. The van der Waals surface area contributed by atoms with E-state index in [0.717, 1.165) is 16.7 Å². The summed E-state index contributed by atoms with van der Waals surface area (Å²) < 4.78 is 0.920. The number of rotatable bonds is 8. The lowest BCUT2D eigenvalue weighted by atomic mass is 10.2. The van der Waals surface area contributed by atoms with Crippen LogP contribution >= 0.6 is 15.9 Å². The SMILES string of the molecule is CN(CCNC(=O)CCNC(=O)c1ccc(Br)cc1)c1ccccc1. The summed E-state index contributed by atoms with van der Waals surface area (Å²) in [6.07, 6.45) is 0.261. The van der Waals surface area contributed by atoms with Gasteiger partial charge in [-0.3, -0.25) is 9.59 Å². The van der Waals surface area contributed by atoms with Crippen molar-refractivity contribution in [2.75, 3.05) is 31.6 Å². The highest BCUT2D eigenvalue weighted by Gasteiger charge is 2.07. The number of amides is 2. The molecular weight excluding hydrogens is 382 g/mol. The first kappa shape index (κ1) is 19.0. The molecule has 0 saturated carbocycles. The van der Waals surface area contributed by atoms with Crippen LogP contribution in [-0.4, -0.2) is 38.5 Å². The minimum atomic E-state index is -0.177. The Morgan fingerprint density at radius 3 is 2.32 bits per heavy atom. The van der Waals surface area contributed by atoms with Gasteiger partial charge in [-0.25, -0.2) is 0 Å². The first-order valence-corrected chi connectivity index (χ1v) is 8.92. The number of halogens is 1. The second-order valence-electron chi connectivity index (χ2n) is 5.62. The van der Waals surface area contributed by atoms with Crippen LogP contribution in [-0.2, 0) is 4.79 Å². The van der Waals surface area contributed by atoms with Gasteiger partial charge in [-0.2, -0.15) is 0 Å². The molecule has 2 aromatic rings. The minimum Gasteiger partial charge on any atom is -0.373 e. The molecule has 2 amide bonds. The molecule has 132 valence electrons. The molecule has 0 spiro atoms. The van der Waals surface area contributed by atoms with E-state index in [1.165, 1.54) is 0 Å². The fourth-order valence-corrected chi connectivity index (χ4v) is 2.52. The average Bonchev–Trinajstić information content (AvgIpc) is 2.63. The molecule has 0 unspecified atom stereocenters. The monoisotopic (exact) mass is 403 g/mol. The first-order chi connectivity index (χ1) is 12.1. The summed E-state index contributed by atoms with van der Waals surface area (Å²) in [6.45, 7) is 1.60. The third-order valence-corrected chi connectivity index (χ3v) is 4.24. The fourth-order valence-electron chi connectivity index (χ4n) is 2.26. The minimum absolute atomic E-state index is 0.0717. The summed E-state index contributed by atoms with van der Waals surface area (Å²) in [7, 11) is 1.99. The highest BCUT2D eigenvalue weighted by atomic mass is 79.9. The zero-order valence-electron chi connectivity index (χ0n) is 14.2. The van der Waals surface area contributed by atoms with Gasteiger partial charge < -0.3 is 15.5 Å². The average molecular weight is 404 g/mol. The normalized spacial score (nSPS) is 10.2. The van der Waals surface area contributed by atoms with Gasteiger partial charge in [-0.1, -0.05) is 34.1 Å². The highest BCUT2D eigenvalue weighted by Crippen LogP contribution is 2.10. The van der Waals surface area contributed by atoms with Gasteiger partial charge >= 0.3 is 0 Å². The molecule has 6 heteroatoms. The number of carbonyl (C=O) groups is 2. The van der Waals surface area contributed by atoms with E-state index in [1.807, 2.05) is 49.5 Å². The van der Waals surface area contributed by atoms with Crippen LogP contribution in [0.15, 0.2) is 59.1 Å². The molecule has 2 N–H and O–H groups in total. The Kier molecular flexibility index (Phi) is 7.47. The van der Waals surface area contributed by atoms with E-state index < -0.39 is 0 Å². The van der Waals surface area contributed by atoms with Crippen molar-refractivity contribution < 1.29 is 9.59 Å². The summed E-state index contributed by atoms with van der Waals surface area (Å²) in [4.78, 5) is 25.8. The molecular formula is C19H22BrN3O2. The fraction of sp³-hybridized carbons (Fsp3) is 0.263. The van der Waals surface area contributed by atoms with Crippen molar-refractivity contribution in [2.45, 2.75) is 6.42 Å². The number of carbonyl (C=O) groups excluding carboxylic acids is 2. The van der Waals surface area contributed by atoms with Crippen molar-refractivity contribution in [3.63, 3.8) is 0 Å². The number of nitrogens with one attached hydrogen (secondary N) is 2. The zero-order valence-corrected chi connectivity index (χ0v) is 15.8. The van der Waals surface area contributed by atoms with Crippen LogP contribution in [0.4, 0.5) is 5.69 Å². The van der Waals surface area contributed by atoms with Crippen LogP contribution in [0.3, 0.4) is 0 Å². The van der Waals surface area contributed by atoms with Crippen molar-refractivity contribution in [2.24, 2.45) is 0 Å². The topological polar surface area (TPSA) is 61.4 Å². The first-order valence-electron chi connectivity index (χ1n) is 8.13. The highest BCUT2D eigenvalue weighted by molar-refractivity contribution is 9.10. The van der Waals surface area contributed by atoms with Crippen LogP contribution in [0.5, 0.6) is 0 Å². The van der Waals surface area contributed by atoms with Crippen molar-refractivity contribution >= 4 is 33.4 Å². The number of para-hydroxylation sites is 1. The molecule has 5 nitrogen and oxygen atoms in total. The summed E-state index contributed by atoms with van der Waals surface area (Å²) in [5.74, 6) is -0.248. The molecule has 0 saturated heterocycles. The summed E-state index contributed by atoms with van der Waals surface area (Å²) in [5, 5.41) is 5.62. The van der Waals surface area contributed by atoms with Crippen molar-refractivity contribution in [3.05, 3.63) is 64.6 Å². The van der Waals surface area contributed by atoms with Gasteiger partial charge in [0.1, 0.15) is 0 Å². The Morgan fingerprint density at radius 1 is 0.960 bits per heavy atom. The van der Waals surface area contributed by atoms with Gasteiger partial charge in [-0.15, -0.1) is 0 Å². The second-order valence-corrected chi connectivity index (χ2v) is 6.54. The van der Waals surface area contributed by atoms with Crippen LogP contribution in [0.1, 0.15) is 16.8 Å². The largest absolute Gasteiger partial charge is 0.373 e. The Morgan fingerprint density at radius 2 is 1.64 bits per heavy atom. The van der Waals surface area contributed by atoms with E-state index in [0.29, 0.717) is 18.7 Å².